The van der Waals surface area contributed by atoms with E-state index in [0.29, 0.717) is 22.4 Å². The zero-order valence-corrected chi connectivity index (χ0v) is 23.0. The second-order valence-electron chi connectivity index (χ2n) is 8.13. The topological polar surface area (TPSA) is 109 Å². The zero-order valence-electron chi connectivity index (χ0n) is 20.2. The van der Waals surface area contributed by atoms with Crippen molar-refractivity contribution in [2.75, 3.05) is 12.8 Å². The lowest BCUT2D eigenvalue weighted by atomic mass is 10.0. The number of aliphatic hydroxyl groups is 1. The molecule has 0 aliphatic rings. The van der Waals surface area contributed by atoms with E-state index in [9.17, 15) is 13.5 Å². The van der Waals surface area contributed by atoms with Gasteiger partial charge in [0.1, 0.15) is 11.6 Å². The first-order valence-corrected chi connectivity index (χ1v) is 12.3. The molecule has 0 saturated carbocycles. The number of rotatable bonds is 7. The number of halogens is 1. The van der Waals surface area contributed by atoms with Crippen LogP contribution in [0.5, 0.6) is 0 Å². The summed E-state index contributed by atoms with van der Waals surface area (Å²) < 4.78 is 43.4. The fourth-order valence-electron chi connectivity index (χ4n) is 3.80. The Labute approximate surface area is 230 Å². The van der Waals surface area contributed by atoms with E-state index in [0.717, 1.165) is 4.31 Å². The molecule has 0 spiro atoms. The van der Waals surface area contributed by atoms with Crippen LogP contribution in [0.1, 0.15) is 18.6 Å². The van der Waals surface area contributed by atoms with Crippen molar-refractivity contribution in [3.8, 4) is 22.4 Å². The lowest BCUT2D eigenvalue weighted by molar-refractivity contribution is 0.108. The first-order chi connectivity index (χ1) is 16.7. The van der Waals surface area contributed by atoms with Gasteiger partial charge in [-0.05, 0) is 36.2 Å². The Kier molecular flexibility index (Phi) is 10.2. The molecule has 4 rings (SSSR count). The van der Waals surface area contributed by atoms with Gasteiger partial charge < -0.3 is 10.8 Å². The molecule has 11 heteroatoms. The molecule has 37 heavy (non-hydrogen) atoms. The SMILES string of the molecule is C[C@@H]([C@@H](O)c1ccccc1)N(C)S(=O)(=O)c1ccccc1-c1ccc(-c2cnc(N)cn2)c(F)c1.S.S. The van der Waals surface area contributed by atoms with E-state index in [2.05, 4.69) is 9.97 Å². The third kappa shape index (κ3) is 6.31. The van der Waals surface area contributed by atoms with Gasteiger partial charge >= 0.3 is 0 Å². The van der Waals surface area contributed by atoms with Crippen LogP contribution >= 0.6 is 27.0 Å². The molecule has 2 atom stereocenters. The lowest BCUT2D eigenvalue weighted by Gasteiger charge is -2.29. The van der Waals surface area contributed by atoms with Crippen LogP contribution in [0.25, 0.3) is 22.4 Å². The highest BCUT2D eigenvalue weighted by Gasteiger charge is 2.32. The highest BCUT2D eigenvalue weighted by molar-refractivity contribution is 7.89. The van der Waals surface area contributed by atoms with Crippen molar-refractivity contribution in [2.45, 2.75) is 24.0 Å². The number of benzene rings is 3. The van der Waals surface area contributed by atoms with Crippen LogP contribution in [0.3, 0.4) is 0 Å². The Morgan fingerprint density at radius 1 is 0.919 bits per heavy atom. The number of aromatic nitrogens is 2. The maximum Gasteiger partial charge on any atom is 0.243 e. The van der Waals surface area contributed by atoms with Crippen molar-refractivity contribution < 1.29 is 17.9 Å². The van der Waals surface area contributed by atoms with Crippen LogP contribution in [-0.4, -0.2) is 40.9 Å². The highest BCUT2D eigenvalue weighted by Crippen LogP contribution is 2.33. The fourth-order valence-corrected chi connectivity index (χ4v) is 5.38. The van der Waals surface area contributed by atoms with Crippen LogP contribution < -0.4 is 5.73 Å². The molecule has 196 valence electrons. The molecule has 0 saturated heterocycles. The summed E-state index contributed by atoms with van der Waals surface area (Å²) in [5.41, 5.74) is 7.43. The molecule has 3 N–H and O–H groups in total. The van der Waals surface area contributed by atoms with Gasteiger partial charge in [-0.15, -0.1) is 0 Å². The first-order valence-electron chi connectivity index (χ1n) is 10.9. The van der Waals surface area contributed by atoms with E-state index in [1.807, 2.05) is 6.07 Å². The molecule has 0 radical (unpaired) electrons. The van der Waals surface area contributed by atoms with Crippen LogP contribution in [0.15, 0.2) is 90.1 Å². The summed E-state index contributed by atoms with van der Waals surface area (Å²) >= 11 is 0. The first kappa shape index (κ1) is 30.3. The summed E-state index contributed by atoms with van der Waals surface area (Å²) in [7, 11) is -2.61. The van der Waals surface area contributed by atoms with E-state index in [4.69, 9.17) is 5.73 Å². The van der Waals surface area contributed by atoms with Gasteiger partial charge in [-0.1, -0.05) is 54.6 Å². The fraction of sp³-hybridized carbons (Fsp3) is 0.154. The summed E-state index contributed by atoms with van der Waals surface area (Å²) in [5, 5.41) is 10.8. The Balaban J connectivity index is 0.00000241. The number of hydrogen-bond donors (Lipinski definition) is 2. The van der Waals surface area contributed by atoms with Crippen LogP contribution in [0, 0.1) is 5.82 Å². The van der Waals surface area contributed by atoms with E-state index in [-0.39, 0.29) is 43.3 Å². The summed E-state index contributed by atoms with van der Waals surface area (Å²) in [6.07, 6.45) is 1.69. The molecule has 1 aromatic heterocycles. The third-order valence-electron chi connectivity index (χ3n) is 5.94. The van der Waals surface area contributed by atoms with Gasteiger partial charge in [-0.2, -0.15) is 31.3 Å². The van der Waals surface area contributed by atoms with Gasteiger partial charge in [0, 0.05) is 18.2 Å². The molecule has 4 aromatic rings. The summed E-state index contributed by atoms with van der Waals surface area (Å²) in [5.74, 6) is -0.351. The number of nitrogens with zero attached hydrogens (tertiary/aromatic N) is 3. The van der Waals surface area contributed by atoms with Gasteiger partial charge in [0.15, 0.2) is 0 Å². The predicted molar refractivity (Wildman–Crippen MR) is 154 cm³/mol. The maximum absolute atomic E-state index is 15.0. The zero-order chi connectivity index (χ0) is 25.2. The number of sulfonamides is 1. The van der Waals surface area contributed by atoms with Crippen molar-refractivity contribution in [2.24, 2.45) is 0 Å². The standard InChI is InChI=1S/C26H25FN4O3S.2H2S/c1-17(26(32)18-8-4-3-5-9-18)31(2)35(33,34)24-11-7-6-10-20(24)19-12-13-21(22(27)14-19)23-15-30-25(28)16-29-23;;/h3-17,26,32H,1-2H3,(H2,28,30);2*1H2/t17-,26+;;/m0../s1. The minimum absolute atomic E-state index is 0. The monoisotopic (exact) mass is 560 g/mol. The van der Waals surface area contributed by atoms with E-state index < -0.39 is 28.0 Å². The molecule has 7 nitrogen and oxygen atoms in total. The van der Waals surface area contributed by atoms with Crippen molar-refractivity contribution in [1.29, 1.82) is 0 Å². The Hall–Kier alpha value is -2.96. The van der Waals surface area contributed by atoms with Gasteiger partial charge in [0.25, 0.3) is 0 Å². The molecule has 0 amide bonds. The molecular formula is C26H29FN4O3S3. The lowest BCUT2D eigenvalue weighted by Crippen LogP contribution is -2.39. The van der Waals surface area contributed by atoms with Gasteiger partial charge in [0.2, 0.25) is 10.0 Å². The molecule has 0 bridgehead atoms. The second-order valence-corrected chi connectivity index (χ2v) is 10.1. The molecule has 0 aliphatic carbocycles. The second kappa shape index (κ2) is 12.5. The Morgan fingerprint density at radius 3 is 2.19 bits per heavy atom. The minimum Gasteiger partial charge on any atom is -0.387 e. The smallest absolute Gasteiger partial charge is 0.243 e. The summed E-state index contributed by atoms with van der Waals surface area (Å²) in [6, 6.07) is 18.9. The van der Waals surface area contributed by atoms with E-state index in [1.165, 1.54) is 37.6 Å². The quantitative estimate of drug-likeness (QED) is 0.345. The normalized spacial score (nSPS) is 12.8. The summed E-state index contributed by atoms with van der Waals surface area (Å²) in [4.78, 5) is 8.05. The van der Waals surface area contributed by atoms with Gasteiger partial charge in [0.05, 0.1) is 35.1 Å². The number of nitrogen functional groups attached to an aromatic ring is 1. The summed E-state index contributed by atoms with van der Waals surface area (Å²) in [6.45, 7) is 1.64. The van der Waals surface area contributed by atoms with E-state index >= 15 is 4.39 Å². The van der Waals surface area contributed by atoms with Crippen molar-refractivity contribution in [1.82, 2.24) is 14.3 Å². The third-order valence-corrected chi connectivity index (χ3v) is 7.95. The molecular weight excluding hydrogens is 532 g/mol. The Morgan fingerprint density at radius 2 is 1.57 bits per heavy atom. The molecule has 3 aromatic carbocycles. The number of likely N-dealkylation sites (N-methyl/N-ethyl adjacent to an activating group) is 1. The van der Waals surface area contributed by atoms with Crippen molar-refractivity contribution >= 4 is 42.8 Å². The molecule has 0 unspecified atom stereocenters. The van der Waals surface area contributed by atoms with Gasteiger partial charge in [-0.3, -0.25) is 4.98 Å². The molecule has 1 heterocycles. The van der Waals surface area contributed by atoms with E-state index in [1.54, 1.807) is 55.5 Å². The van der Waals surface area contributed by atoms with Crippen molar-refractivity contribution in [3.63, 3.8) is 0 Å². The Bertz CT molecular complexity index is 1440. The molecule has 0 aliphatic heterocycles. The number of aliphatic hydroxyl groups excluding tert-OH is 1. The van der Waals surface area contributed by atoms with Crippen molar-refractivity contribution in [3.05, 3.63) is 96.6 Å². The van der Waals surface area contributed by atoms with Crippen LogP contribution in [-0.2, 0) is 10.0 Å². The largest absolute Gasteiger partial charge is 0.387 e. The van der Waals surface area contributed by atoms with Crippen LogP contribution in [0.2, 0.25) is 0 Å². The minimum atomic E-state index is -4.04. The maximum atomic E-state index is 15.0. The molecule has 0 fully saturated rings. The average molecular weight is 561 g/mol. The number of hydrogen-bond acceptors (Lipinski definition) is 6. The number of nitrogens with two attached hydrogens (primary N) is 1. The average Bonchev–Trinajstić information content (AvgIpc) is 2.88. The predicted octanol–water partition coefficient (Wildman–Crippen LogP) is 4.50. The highest BCUT2D eigenvalue weighted by atomic mass is 32.2. The van der Waals surface area contributed by atoms with Gasteiger partial charge in [-0.25, -0.2) is 17.8 Å². The number of anilines is 1. The van der Waals surface area contributed by atoms with Crippen LogP contribution in [0.4, 0.5) is 10.2 Å².